The van der Waals surface area contributed by atoms with Gasteiger partial charge in [-0.15, -0.1) is 0 Å². The van der Waals surface area contributed by atoms with Crippen molar-refractivity contribution in [2.24, 2.45) is 11.8 Å². The average Bonchev–Trinajstić information content (AvgIpc) is 2.78. The monoisotopic (exact) mass is 226 g/mol. The molecular formula is C13H26N2O. The summed E-state index contributed by atoms with van der Waals surface area (Å²) < 4.78 is 0. The smallest absolute Gasteiger partial charge is 0.224 e. The van der Waals surface area contributed by atoms with Crippen molar-refractivity contribution in [1.82, 2.24) is 10.6 Å². The molecule has 3 heteroatoms. The summed E-state index contributed by atoms with van der Waals surface area (Å²) in [6, 6.07) is 0. The van der Waals surface area contributed by atoms with Gasteiger partial charge in [0.05, 0.1) is 0 Å². The van der Waals surface area contributed by atoms with Crippen molar-refractivity contribution < 1.29 is 4.79 Å². The summed E-state index contributed by atoms with van der Waals surface area (Å²) in [5.41, 5.74) is 0. The van der Waals surface area contributed by atoms with E-state index >= 15 is 0 Å². The normalized spacial score (nSPS) is 18.6. The van der Waals surface area contributed by atoms with Gasteiger partial charge in [0, 0.05) is 19.0 Å². The molecule has 1 unspecified atom stereocenters. The molecule has 1 aliphatic carbocycles. The third-order valence-corrected chi connectivity index (χ3v) is 3.47. The Morgan fingerprint density at radius 2 is 2.06 bits per heavy atom. The van der Waals surface area contributed by atoms with E-state index in [1.165, 1.54) is 32.1 Å². The van der Waals surface area contributed by atoms with Crippen LogP contribution in [-0.2, 0) is 4.79 Å². The standard InChI is InChI=1S/C13H26N2O/c1-3-14-10-11(2)13(16)15-9-8-12-6-4-5-7-12/h11-12,14H,3-10H2,1-2H3,(H,15,16). The fourth-order valence-electron chi connectivity index (χ4n) is 2.33. The molecule has 1 aliphatic rings. The summed E-state index contributed by atoms with van der Waals surface area (Å²) in [6.45, 7) is 6.61. The van der Waals surface area contributed by atoms with E-state index in [0.717, 1.165) is 25.6 Å². The Balaban J connectivity index is 2.04. The molecule has 0 aromatic carbocycles. The number of carbonyl (C=O) groups is 1. The zero-order valence-electron chi connectivity index (χ0n) is 10.7. The molecule has 94 valence electrons. The van der Waals surface area contributed by atoms with Crippen LogP contribution < -0.4 is 10.6 Å². The molecule has 2 N–H and O–H groups in total. The molecule has 1 fully saturated rings. The third-order valence-electron chi connectivity index (χ3n) is 3.47. The van der Waals surface area contributed by atoms with E-state index in [1.54, 1.807) is 0 Å². The quantitative estimate of drug-likeness (QED) is 0.696. The molecule has 1 atom stereocenters. The second-order valence-electron chi connectivity index (χ2n) is 4.94. The highest BCUT2D eigenvalue weighted by molar-refractivity contribution is 5.78. The molecule has 0 aromatic rings. The van der Waals surface area contributed by atoms with Crippen LogP contribution in [0.1, 0.15) is 46.0 Å². The minimum Gasteiger partial charge on any atom is -0.356 e. The van der Waals surface area contributed by atoms with Gasteiger partial charge < -0.3 is 10.6 Å². The zero-order chi connectivity index (χ0) is 11.8. The van der Waals surface area contributed by atoms with Crippen LogP contribution in [0.15, 0.2) is 0 Å². The first-order valence-corrected chi connectivity index (χ1v) is 6.72. The highest BCUT2D eigenvalue weighted by Gasteiger charge is 2.16. The fraction of sp³-hybridized carbons (Fsp3) is 0.923. The van der Waals surface area contributed by atoms with Crippen LogP contribution in [0.5, 0.6) is 0 Å². The van der Waals surface area contributed by atoms with Gasteiger partial charge >= 0.3 is 0 Å². The molecule has 0 aromatic heterocycles. The van der Waals surface area contributed by atoms with Crippen LogP contribution in [0.3, 0.4) is 0 Å². The lowest BCUT2D eigenvalue weighted by Crippen LogP contribution is -2.36. The number of rotatable bonds is 7. The Morgan fingerprint density at radius 1 is 1.38 bits per heavy atom. The van der Waals surface area contributed by atoms with Gasteiger partial charge in [0.25, 0.3) is 0 Å². The largest absolute Gasteiger partial charge is 0.356 e. The number of hydrogen-bond donors (Lipinski definition) is 2. The molecule has 1 amide bonds. The molecular weight excluding hydrogens is 200 g/mol. The highest BCUT2D eigenvalue weighted by Crippen LogP contribution is 2.26. The van der Waals surface area contributed by atoms with Gasteiger partial charge in [0.15, 0.2) is 0 Å². The number of nitrogens with one attached hydrogen (secondary N) is 2. The van der Waals surface area contributed by atoms with Crippen LogP contribution in [-0.4, -0.2) is 25.5 Å². The SMILES string of the molecule is CCNCC(C)C(=O)NCCC1CCCC1. The third kappa shape index (κ3) is 4.97. The predicted molar refractivity (Wildman–Crippen MR) is 67.3 cm³/mol. The summed E-state index contributed by atoms with van der Waals surface area (Å²) in [5, 5.41) is 6.24. The first-order valence-electron chi connectivity index (χ1n) is 6.72. The average molecular weight is 226 g/mol. The minimum absolute atomic E-state index is 0.0866. The predicted octanol–water partition coefficient (Wildman–Crippen LogP) is 1.93. The van der Waals surface area contributed by atoms with Crippen LogP contribution in [0.4, 0.5) is 0 Å². The van der Waals surface area contributed by atoms with Gasteiger partial charge in [-0.3, -0.25) is 4.79 Å². The van der Waals surface area contributed by atoms with Gasteiger partial charge in [-0.05, 0) is 18.9 Å². The molecule has 16 heavy (non-hydrogen) atoms. The second kappa shape index (κ2) is 7.66. The van der Waals surface area contributed by atoms with E-state index in [-0.39, 0.29) is 11.8 Å². The van der Waals surface area contributed by atoms with E-state index in [1.807, 2.05) is 6.92 Å². The molecule has 1 rings (SSSR count). The number of carbonyl (C=O) groups excluding carboxylic acids is 1. The summed E-state index contributed by atoms with van der Waals surface area (Å²) in [6.07, 6.45) is 6.66. The Bertz CT molecular complexity index is 200. The van der Waals surface area contributed by atoms with Crippen molar-refractivity contribution in [3.8, 4) is 0 Å². The Hall–Kier alpha value is -0.570. The van der Waals surface area contributed by atoms with Crippen molar-refractivity contribution >= 4 is 5.91 Å². The van der Waals surface area contributed by atoms with Gasteiger partial charge in [0.1, 0.15) is 0 Å². The highest BCUT2D eigenvalue weighted by atomic mass is 16.1. The summed E-state index contributed by atoms with van der Waals surface area (Å²) in [5.74, 6) is 1.15. The zero-order valence-corrected chi connectivity index (χ0v) is 10.7. The van der Waals surface area contributed by atoms with Crippen molar-refractivity contribution in [3.63, 3.8) is 0 Å². The summed E-state index contributed by atoms with van der Waals surface area (Å²) in [7, 11) is 0. The van der Waals surface area contributed by atoms with Crippen molar-refractivity contribution in [2.75, 3.05) is 19.6 Å². The molecule has 0 radical (unpaired) electrons. The molecule has 0 aliphatic heterocycles. The molecule has 3 nitrogen and oxygen atoms in total. The van der Waals surface area contributed by atoms with Crippen molar-refractivity contribution in [3.05, 3.63) is 0 Å². The molecule has 0 bridgehead atoms. The maximum Gasteiger partial charge on any atom is 0.224 e. The lowest BCUT2D eigenvalue weighted by atomic mass is 10.0. The minimum atomic E-state index is 0.0866. The fourth-order valence-corrected chi connectivity index (χ4v) is 2.33. The molecule has 0 spiro atoms. The lowest BCUT2D eigenvalue weighted by Gasteiger charge is -2.14. The molecule has 0 heterocycles. The van der Waals surface area contributed by atoms with E-state index in [2.05, 4.69) is 17.6 Å². The van der Waals surface area contributed by atoms with E-state index in [0.29, 0.717) is 0 Å². The van der Waals surface area contributed by atoms with E-state index in [4.69, 9.17) is 0 Å². The van der Waals surface area contributed by atoms with E-state index < -0.39 is 0 Å². The number of amides is 1. The summed E-state index contributed by atoms with van der Waals surface area (Å²) >= 11 is 0. The molecule has 0 saturated heterocycles. The van der Waals surface area contributed by atoms with Crippen LogP contribution >= 0.6 is 0 Å². The van der Waals surface area contributed by atoms with Crippen molar-refractivity contribution in [2.45, 2.75) is 46.0 Å². The second-order valence-corrected chi connectivity index (χ2v) is 4.94. The first kappa shape index (κ1) is 13.5. The van der Waals surface area contributed by atoms with Crippen LogP contribution in [0, 0.1) is 11.8 Å². The Labute approximate surface area is 99.4 Å². The summed E-state index contributed by atoms with van der Waals surface area (Å²) in [4.78, 5) is 11.7. The Morgan fingerprint density at radius 3 is 2.69 bits per heavy atom. The van der Waals surface area contributed by atoms with Gasteiger partial charge in [-0.2, -0.15) is 0 Å². The topological polar surface area (TPSA) is 41.1 Å². The lowest BCUT2D eigenvalue weighted by molar-refractivity contribution is -0.124. The van der Waals surface area contributed by atoms with E-state index in [9.17, 15) is 4.79 Å². The number of hydrogen-bond acceptors (Lipinski definition) is 2. The molecule has 1 saturated carbocycles. The van der Waals surface area contributed by atoms with Crippen LogP contribution in [0.2, 0.25) is 0 Å². The van der Waals surface area contributed by atoms with Gasteiger partial charge in [-0.25, -0.2) is 0 Å². The van der Waals surface area contributed by atoms with Crippen molar-refractivity contribution in [1.29, 1.82) is 0 Å². The van der Waals surface area contributed by atoms with Gasteiger partial charge in [0.2, 0.25) is 5.91 Å². The van der Waals surface area contributed by atoms with Gasteiger partial charge in [-0.1, -0.05) is 39.5 Å². The maximum atomic E-state index is 11.7. The first-order chi connectivity index (χ1) is 7.74. The van der Waals surface area contributed by atoms with Crippen LogP contribution in [0.25, 0.3) is 0 Å². The maximum absolute atomic E-state index is 11.7. The Kier molecular flexibility index (Phi) is 6.46.